The van der Waals surface area contributed by atoms with Crippen molar-refractivity contribution in [3.8, 4) is 0 Å². The van der Waals surface area contributed by atoms with Crippen LogP contribution in [0.3, 0.4) is 0 Å². The average Bonchev–Trinajstić information content (AvgIpc) is 2.52. The molecule has 1 aliphatic rings. The van der Waals surface area contributed by atoms with E-state index in [1.54, 1.807) is 7.11 Å². The van der Waals surface area contributed by atoms with Gasteiger partial charge in [-0.1, -0.05) is 32.0 Å². The van der Waals surface area contributed by atoms with Gasteiger partial charge in [-0.25, -0.2) is 0 Å². The quantitative estimate of drug-likeness (QED) is 0.761. The highest BCUT2D eigenvalue weighted by atomic mass is 16.5. The lowest BCUT2D eigenvalue weighted by atomic mass is 9.87. The molecule has 0 bridgehead atoms. The molecular weight excluding hydrogens is 202 g/mol. The molecule has 0 radical (unpaired) electrons. The lowest BCUT2D eigenvalue weighted by Crippen LogP contribution is -2.36. The number of methoxy groups -OCH3 is 1. The predicted octanol–water partition coefficient (Wildman–Crippen LogP) is 1.96. The number of benzene rings is 1. The van der Waals surface area contributed by atoms with Crippen molar-refractivity contribution >= 4 is 11.6 Å². The molecule has 0 fully saturated rings. The van der Waals surface area contributed by atoms with Crippen LogP contribution >= 0.6 is 0 Å². The first-order chi connectivity index (χ1) is 7.56. The van der Waals surface area contributed by atoms with Gasteiger partial charge in [-0.05, 0) is 11.6 Å². The van der Waals surface area contributed by atoms with Gasteiger partial charge < -0.3 is 9.64 Å². The summed E-state index contributed by atoms with van der Waals surface area (Å²) in [6.07, 6.45) is 0. The summed E-state index contributed by atoms with van der Waals surface area (Å²) in [5.74, 6) is 0.0283. The molecule has 1 aromatic carbocycles. The molecule has 0 unspecified atom stereocenters. The van der Waals surface area contributed by atoms with Crippen LogP contribution in [-0.4, -0.2) is 26.2 Å². The molecule has 3 heteroatoms. The fourth-order valence-corrected chi connectivity index (χ4v) is 2.27. The molecule has 86 valence electrons. The number of hydrogen-bond donors (Lipinski definition) is 0. The highest BCUT2D eigenvalue weighted by molar-refractivity contribution is 5.97. The Balaban J connectivity index is 2.37. The van der Waals surface area contributed by atoms with Crippen molar-refractivity contribution in [2.45, 2.75) is 19.3 Å². The third-order valence-corrected chi connectivity index (χ3v) is 3.05. The molecule has 16 heavy (non-hydrogen) atoms. The number of carbonyl (C=O) groups is 1. The van der Waals surface area contributed by atoms with Gasteiger partial charge in [-0.15, -0.1) is 0 Å². The molecule has 1 aromatic rings. The van der Waals surface area contributed by atoms with Crippen LogP contribution in [0.5, 0.6) is 0 Å². The minimum absolute atomic E-state index is 0.0278. The van der Waals surface area contributed by atoms with E-state index < -0.39 is 0 Å². The largest absolute Gasteiger partial charge is 0.375 e. The number of rotatable bonds is 2. The Morgan fingerprint density at radius 2 is 2.12 bits per heavy atom. The van der Waals surface area contributed by atoms with Crippen molar-refractivity contribution in [3.63, 3.8) is 0 Å². The zero-order valence-corrected chi connectivity index (χ0v) is 9.99. The lowest BCUT2D eigenvalue weighted by molar-refractivity contribution is -0.122. The first kappa shape index (κ1) is 11.1. The Morgan fingerprint density at radius 3 is 2.81 bits per heavy atom. The van der Waals surface area contributed by atoms with E-state index in [2.05, 4.69) is 19.9 Å². The van der Waals surface area contributed by atoms with Crippen LogP contribution in [0.15, 0.2) is 24.3 Å². The van der Waals surface area contributed by atoms with E-state index in [1.807, 2.05) is 23.1 Å². The molecule has 0 atom stereocenters. The van der Waals surface area contributed by atoms with E-state index in [9.17, 15) is 4.79 Å². The normalized spacial score (nSPS) is 17.3. The summed E-state index contributed by atoms with van der Waals surface area (Å²) in [5.41, 5.74) is 2.29. The third kappa shape index (κ3) is 1.71. The van der Waals surface area contributed by atoms with Gasteiger partial charge in [0.15, 0.2) is 0 Å². The van der Waals surface area contributed by atoms with Crippen molar-refractivity contribution < 1.29 is 9.53 Å². The Morgan fingerprint density at radius 1 is 1.44 bits per heavy atom. The Labute approximate surface area is 96.0 Å². The van der Waals surface area contributed by atoms with E-state index in [0.29, 0.717) is 0 Å². The molecule has 0 N–H and O–H groups in total. The lowest BCUT2D eigenvalue weighted by Gasteiger charge is -2.20. The van der Waals surface area contributed by atoms with Crippen LogP contribution in [-0.2, 0) is 14.9 Å². The van der Waals surface area contributed by atoms with E-state index >= 15 is 0 Å². The summed E-state index contributed by atoms with van der Waals surface area (Å²) in [6, 6.07) is 8.07. The Kier molecular flexibility index (Phi) is 2.72. The van der Waals surface area contributed by atoms with Gasteiger partial charge in [0.05, 0.1) is 0 Å². The molecule has 0 spiro atoms. The van der Waals surface area contributed by atoms with E-state index in [4.69, 9.17) is 4.74 Å². The SMILES string of the molecule is COCC(=O)N1CC(C)(C)c2ccccc21. The van der Waals surface area contributed by atoms with E-state index in [-0.39, 0.29) is 17.9 Å². The van der Waals surface area contributed by atoms with E-state index in [0.717, 1.165) is 12.2 Å². The maximum absolute atomic E-state index is 11.9. The summed E-state index contributed by atoms with van der Waals surface area (Å²) in [4.78, 5) is 13.7. The number of fused-ring (bicyclic) bond motifs is 1. The van der Waals surface area contributed by atoms with Gasteiger partial charge in [0.2, 0.25) is 0 Å². The molecule has 3 nitrogen and oxygen atoms in total. The topological polar surface area (TPSA) is 29.5 Å². The van der Waals surface area contributed by atoms with Crippen molar-refractivity contribution in [1.82, 2.24) is 0 Å². The average molecular weight is 219 g/mol. The fraction of sp³-hybridized carbons (Fsp3) is 0.462. The number of amides is 1. The number of carbonyl (C=O) groups excluding carboxylic acids is 1. The first-order valence-electron chi connectivity index (χ1n) is 5.45. The van der Waals surface area contributed by atoms with Crippen LogP contribution < -0.4 is 4.90 Å². The predicted molar refractivity (Wildman–Crippen MR) is 63.7 cm³/mol. The zero-order valence-electron chi connectivity index (χ0n) is 9.99. The number of anilines is 1. The maximum Gasteiger partial charge on any atom is 0.252 e. The van der Waals surface area contributed by atoms with Gasteiger partial charge in [0.25, 0.3) is 5.91 Å². The zero-order chi connectivity index (χ0) is 11.8. The highest BCUT2D eigenvalue weighted by Gasteiger charge is 2.37. The number of ether oxygens (including phenoxy) is 1. The van der Waals surface area contributed by atoms with Crippen LogP contribution in [0.1, 0.15) is 19.4 Å². The van der Waals surface area contributed by atoms with Crippen molar-refractivity contribution in [2.75, 3.05) is 25.2 Å². The molecule has 1 heterocycles. The summed E-state index contributed by atoms with van der Waals surface area (Å²) in [5, 5.41) is 0. The second-order valence-corrected chi connectivity index (χ2v) is 4.81. The molecular formula is C13H17NO2. The van der Waals surface area contributed by atoms with Gasteiger partial charge in [0.1, 0.15) is 6.61 Å². The van der Waals surface area contributed by atoms with Crippen LogP contribution in [0, 0.1) is 0 Å². The molecule has 0 saturated heterocycles. The van der Waals surface area contributed by atoms with Gasteiger partial charge in [0, 0.05) is 24.8 Å². The molecule has 0 aromatic heterocycles. The first-order valence-corrected chi connectivity index (χ1v) is 5.45. The minimum Gasteiger partial charge on any atom is -0.375 e. The molecule has 0 aliphatic carbocycles. The summed E-state index contributed by atoms with van der Waals surface area (Å²) >= 11 is 0. The molecule has 1 amide bonds. The summed E-state index contributed by atoms with van der Waals surface area (Å²) in [6.45, 7) is 5.19. The standard InChI is InChI=1S/C13H17NO2/c1-13(2)9-14(12(15)8-16-3)11-7-5-4-6-10(11)13/h4-7H,8-9H2,1-3H3. The highest BCUT2D eigenvalue weighted by Crippen LogP contribution is 2.39. The maximum atomic E-state index is 11.9. The van der Waals surface area contributed by atoms with Gasteiger partial charge in [-0.2, -0.15) is 0 Å². The second-order valence-electron chi connectivity index (χ2n) is 4.81. The van der Waals surface area contributed by atoms with Crippen molar-refractivity contribution in [1.29, 1.82) is 0 Å². The van der Waals surface area contributed by atoms with Crippen LogP contribution in [0.4, 0.5) is 5.69 Å². The second kappa shape index (κ2) is 3.91. The fourth-order valence-electron chi connectivity index (χ4n) is 2.27. The third-order valence-electron chi connectivity index (χ3n) is 3.05. The minimum atomic E-state index is 0.0278. The van der Waals surface area contributed by atoms with Gasteiger partial charge >= 0.3 is 0 Å². The number of hydrogen-bond acceptors (Lipinski definition) is 2. The number of para-hydroxylation sites is 1. The van der Waals surface area contributed by atoms with E-state index in [1.165, 1.54) is 5.56 Å². The van der Waals surface area contributed by atoms with Crippen molar-refractivity contribution in [3.05, 3.63) is 29.8 Å². The Hall–Kier alpha value is -1.35. The summed E-state index contributed by atoms with van der Waals surface area (Å²) in [7, 11) is 1.55. The summed E-state index contributed by atoms with van der Waals surface area (Å²) < 4.78 is 4.91. The van der Waals surface area contributed by atoms with Crippen LogP contribution in [0.2, 0.25) is 0 Å². The van der Waals surface area contributed by atoms with Crippen LogP contribution in [0.25, 0.3) is 0 Å². The monoisotopic (exact) mass is 219 g/mol. The smallest absolute Gasteiger partial charge is 0.252 e. The molecule has 2 rings (SSSR count). The number of nitrogens with zero attached hydrogens (tertiary/aromatic N) is 1. The van der Waals surface area contributed by atoms with Gasteiger partial charge in [-0.3, -0.25) is 4.79 Å². The Bertz CT molecular complexity index is 412. The molecule has 1 aliphatic heterocycles. The molecule has 0 saturated carbocycles. The van der Waals surface area contributed by atoms with Crippen molar-refractivity contribution in [2.24, 2.45) is 0 Å².